The van der Waals surface area contributed by atoms with Crippen LogP contribution in [0.1, 0.15) is 25.2 Å². The van der Waals surface area contributed by atoms with Crippen molar-refractivity contribution in [1.82, 2.24) is 19.9 Å². The fraction of sp³-hybridized carbons (Fsp3) is 0.0417. The van der Waals surface area contributed by atoms with Gasteiger partial charge in [-0.25, -0.2) is 19.9 Å². The smallest absolute Gasteiger partial charge is 0.0978 e. The first-order chi connectivity index (χ1) is 25.7. The van der Waals surface area contributed by atoms with Crippen LogP contribution in [-0.4, -0.2) is 19.9 Å². The average molecular weight is 667 g/mol. The van der Waals surface area contributed by atoms with Crippen molar-refractivity contribution in [2.45, 2.75) is 13.8 Å². The normalized spacial score (nSPS) is 11.9. The Morgan fingerprint density at radius 1 is 0.365 bits per heavy atom. The SMILES string of the molecule is CC=Cc1cc(-c2ccccc2)c2ccc3ccc(-c4ccc(-c5ccc6ccc7c(-c8ccccc8)cc(C=CC)nc7c6n5)cc4)nc3c2n1. The van der Waals surface area contributed by atoms with Gasteiger partial charge in [0.25, 0.3) is 0 Å². The second kappa shape index (κ2) is 13.2. The predicted molar refractivity (Wildman–Crippen MR) is 219 cm³/mol. The van der Waals surface area contributed by atoms with Crippen LogP contribution in [-0.2, 0) is 0 Å². The second-order valence-electron chi connectivity index (χ2n) is 13.0. The largest absolute Gasteiger partial charge is 0.246 e. The third-order valence-corrected chi connectivity index (χ3v) is 9.64. The number of allylic oxidation sites excluding steroid dienone is 2. The molecule has 0 atom stereocenters. The lowest BCUT2D eigenvalue weighted by Gasteiger charge is -2.12. The van der Waals surface area contributed by atoms with Crippen molar-refractivity contribution < 1.29 is 0 Å². The van der Waals surface area contributed by atoms with Crippen molar-refractivity contribution in [1.29, 1.82) is 0 Å². The number of benzene rings is 5. The van der Waals surface area contributed by atoms with Crippen LogP contribution in [0.25, 0.3) is 101 Å². The molecule has 0 N–H and O–H groups in total. The summed E-state index contributed by atoms with van der Waals surface area (Å²) in [5.41, 5.74) is 13.9. The molecule has 4 nitrogen and oxygen atoms in total. The minimum absolute atomic E-state index is 0.894. The van der Waals surface area contributed by atoms with E-state index in [1.54, 1.807) is 0 Å². The van der Waals surface area contributed by atoms with Gasteiger partial charge in [-0.15, -0.1) is 0 Å². The minimum Gasteiger partial charge on any atom is -0.246 e. The van der Waals surface area contributed by atoms with E-state index < -0.39 is 0 Å². The number of hydrogen-bond donors (Lipinski definition) is 0. The number of pyridine rings is 4. The van der Waals surface area contributed by atoms with Crippen LogP contribution in [0.15, 0.2) is 158 Å². The van der Waals surface area contributed by atoms with Crippen molar-refractivity contribution >= 4 is 55.8 Å². The van der Waals surface area contributed by atoms with Crippen LogP contribution in [0.3, 0.4) is 0 Å². The molecule has 0 saturated carbocycles. The van der Waals surface area contributed by atoms with E-state index in [2.05, 4.69) is 146 Å². The molecule has 0 bridgehead atoms. The molecule has 246 valence electrons. The van der Waals surface area contributed by atoms with E-state index in [4.69, 9.17) is 19.9 Å². The lowest BCUT2D eigenvalue weighted by molar-refractivity contribution is 1.34. The summed E-state index contributed by atoms with van der Waals surface area (Å²) in [6.45, 7) is 4.04. The van der Waals surface area contributed by atoms with Gasteiger partial charge in [0, 0.05) is 32.7 Å². The summed E-state index contributed by atoms with van der Waals surface area (Å²) >= 11 is 0. The molecule has 4 heterocycles. The summed E-state index contributed by atoms with van der Waals surface area (Å²) in [5.74, 6) is 0. The fourth-order valence-corrected chi connectivity index (χ4v) is 7.14. The van der Waals surface area contributed by atoms with Gasteiger partial charge in [0.15, 0.2) is 0 Å². The summed E-state index contributed by atoms with van der Waals surface area (Å²) < 4.78 is 0. The van der Waals surface area contributed by atoms with E-state index in [0.717, 1.165) is 99.8 Å². The molecule has 0 radical (unpaired) electrons. The molecule has 9 rings (SSSR count). The highest BCUT2D eigenvalue weighted by molar-refractivity contribution is 6.10. The predicted octanol–water partition coefficient (Wildman–Crippen LogP) is 12.6. The molecule has 4 heteroatoms. The van der Waals surface area contributed by atoms with Crippen molar-refractivity contribution in [2.75, 3.05) is 0 Å². The topological polar surface area (TPSA) is 51.6 Å². The standard InChI is InChI=1S/C48H34N4/c1-3-11-37-29-41(31-13-7-5-8-14-31)39-25-21-35-23-27-43(51-45(35)47(39)49-37)33-17-19-34(20-18-33)44-28-24-36-22-26-40-42(32-15-9-6-10-16-32)30-38(12-4-2)50-48(40)46(36)52-44/h3-30H,1-2H3. The number of rotatable bonds is 6. The molecular formula is C48H34N4. The first-order valence-corrected chi connectivity index (χ1v) is 17.6. The van der Waals surface area contributed by atoms with E-state index in [9.17, 15) is 0 Å². The molecule has 0 aliphatic heterocycles. The van der Waals surface area contributed by atoms with Gasteiger partial charge in [0.1, 0.15) is 0 Å². The van der Waals surface area contributed by atoms with E-state index in [0.29, 0.717) is 0 Å². The molecule has 0 saturated heterocycles. The Kier molecular flexibility index (Phi) is 7.90. The Bertz CT molecular complexity index is 2640. The number of nitrogens with zero attached hydrogens (tertiary/aromatic N) is 4. The van der Waals surface area contributed by atoms with Gasteiger partial charge in [-0.1, -0.05) is 133 Å². The fourth-order valence-electron chi connectivity index (χ4n) is 7.14. The van der Waals surface area contributed by atoms with Gasteiger partial charge < -0.3 is 0 Å². The molecule has 9 aromatic rings. The molecule has 0 fully saturated rings. The van der Waals surface area contributed by atoms with Gasteiger partial charge in [-0.3, -0.25) is 0 Å². The quantitative estimate of drug-likeness (QED) is 0.166. The Morgan fingerprint density at radius 2 is 0.769 bits per heavy atom. The maximum atomic E-state index is 5.23. The monoisotopic (exact) mass is 666 g/mol. The highest BCUT2D eigenvalue weighted by Gasteiger charge is 2.15. The van der Waals surface area contributed by atoms with Crippen molar-refractivity contribution in [2.24, 2.45) is 0 Å². The van der Waals surface area contributed by atoms with Gasteiger partial charge in [0.2, 0.25) is 0 Å². The van der Waals surface area contributed by atoms with Gasteiger partial charge in [0.05, 0.1) is 44.8 Å². The first-order valence-electron chi connectivity index (χ1n) is 17.6. The molecule has 4 aromatic heterocycles. The van der Waals surface area contributed by atoms with Crippen LogP contribution in [0.4, 0.5) is 0 Å². The Hall–Kier alpha value is -6.78. The minimum atomic E-state index is 0.894. The van der Waals surface area contributed by atoms with Gasteiger partial charge in [-0.05, 0) is 72.5 Å². The lowest BCUT2D eigenvalue weighted by atomic mass is 9.98. The Labute approximate surface area is 302 Å². The zero-order chi connectivity index (χ0) is 35.0. The highest BCUT2D eigenvalue weighted by Crippen LogP contribution is 2.36. The van der Waals surface area contributed by atoms with Crippen molar-refractivity contribution in [3.8, 4) is 44.8 Å². The number of aromatic nitrogens is 4. The third-order valence-electron chi connectivity index (χ3n) is 9.64. The zero-order valence-electron chi connectivity index (χ0n) is 29.0. The van der Waals surface area contributed by atoms with E-state index in [1.807, 2.05) is 38.1 Å². The highest BCUT2D eigenvalue weighted by atomic mass is 14.8. The molecule has 0 aliphatic carbocycles. The van der Waals surface area contributed by atoms with Crippen molar-refractivity contribution in [3.63, 3.8) is 0 Å². The second-order valence-corrected chi connectivity index (χ2v) is 13.0. The van der Waals surface area contributed by atoms with Crippen LogP contribution < -0.4 is 0 Å². The average Bonchev–Trinajstić information content (AvgIpc) is 3.21. The first kappa shape index (κ1) is 31.2. The molecule has 0 unspecified atom stereocenters. The van der Waals surface area contributed by atoms with Gasteiger partial charge in [-0.2, -0.15) is 0 Å². The molecule has 0 spiro atoms. The Morgan fingerprint density at radius 3 is 1.17 bits per heavy atom. The lowest BCUT2D eigenvalue weighted by Crippen LogP contribution is -1.94. The molecule has 0 aliphatic rings. The molecule has 0 amide bonds. The van der Waals surface area contributed by atoms with Crippen LogP contribution >= 0.6 is 0 Å². The molecule has 5 aromatic carbocycles. The number of hydrogen-bond acceptors (Lipinski definition) is 4. The number of fused-ring (bicyclic) bond motifs is 6. The zero-order valence-corrected chi connectivity index (χ0v) is 29.0. The molecule has 52 heavy (non-hydrogen) atoms. The van der Waals surface area contributed by atoms with Crippen LogP contribution in [0.5, 0.6) is 0 Å². The maximum absolute atomic E-state index is 5.23. The van der Waals surface area contributed by atoms with Crippen molar-refractivity contribution in [3.05, 3.63) is 169 Å². The Balaban J connectivity index is 1.13. The summed E-state index contributed by atoms with van der Waals surface area (Å²) in [7, 11) is 0. The van der Waals surface area contributed by atoms with E-state index in [-0.39, 0.29) is 0 Å². The molecular weight excluding hydrogens is 633 g/mol. The van der Waals surface area contributed by atoms with E-state index >= 15 is 0 Å². The van der Waals surface area contributed by atoms with Crippen LogP contribution in [0, 0.1) is 0 Å². The summed E-state index contributed by atoms with van der Waals surface area (Å²) in [4.78, 5) is 20.6. The van der Waals surface area contributed by atoms with Crippen LogP contribution in [0.2, 0.25) is 0 Å². The summed E-state index contributed by atoms with van der Waals surface area (Å²) in [6.07, 6.45) is 8.16. The summed E-state index contributed by atoms with van der Waals surface area (Å²) in [6, 6.07) is 51.0. The third kappa shape index (κ3) is 5.61. The van der Waals surface area contributed by atoms with E-state index in [1.165, 1.54) is 0 Å². The summed E-state index contributed by atoms with van der Waals surface area (Å²) in [5, 5.41) is 4.30. The maximum Gasteiger partial charge on any atom is 0.0978 e. The van der Waals surface area contributed by atoms with Gasteiger partial charge >= 0.3 is 0 Å².